The molecule has 0 unspecified atom stereocenters. The van der Waals surface area contributed by atoms with E-state index in [1.165, 1.54) is 0 Å². The van der Waals surface area contributed by atoms with Gasteiger partial charge in [0.15, 0.2) is 0 Å². The molecule has 1 aliphatic rings. The maximum atomic E-state index is 12.0. The first-order valence-electron chi connectivity index (χ1n) is 6.50. The zero-order valence-electron chi connectivity index (χ0n) is 11.4. The van der Waals surface area contributed by atoms with E-state index in [4.69, 9.17) is 5.26 Å². The van der Waals surface area contributed by atoms with Crippen molar-refractivity contribution >= 4 is 5.91 Å². The van der Waals surface area contributed by atoms with Gasteiger partial charge in [-0.25, -0.2) is 0 Å². The molecule has 1 rings (SSSR count). The molecule has 0 saturated carbocycles. The minimum Gasteiger partial charge on any atom is -0.395 e. The summed E-state index contributed by atoms with van der Waals surface area (Å²) in [6, 6.07) is 2.25. The molecule has 0 aromatic carbocycles. The molecule has 0 aliphatic carbocycles. The van der Waals surface area contributed by atoms with Crippen LogP contribution in [-0.2, 0) is 4.79 Å². The smallest absolute Gasteiger partial charge is 0.235 e. The number of aliphatic hydroxyl groups is 1. The van der Waals surface area contributed by atoms with Crippen LogP contribution in [0.4, 0.5) is 0 Å². The Kier molecular flexibility index (Phi) is 5.12. The Balaban J connectivity index is 2.54. The maximum Gasteiger partial charge on any atom is 0.235 e. The first-order chi connectivity index (χ1) is 8.42. The molecule has 1 fully saturated rings. The predicted octanol–water partition coefficient (Wildman–Crippen LogP) is 0.498. The molecule has 0 bridgehead atoms. The van der Waals surface area contributed by atoms with Gasteiger partial charge in [0, 0.05) is 6.04 Å². The average Bonchev–Trinajstić information content (AvgIpc) is 2.75. The first-order valence-corrected chi connectivity index (χ1v) is 6.50. The normalized spacial score (nSPS) is 23.7. The van der Waals surface area contributed by atoms with Crippen LogP contribution in [0.5, 0.6) is 0 Å². The molecule has 2 atom stereocenters. The van der Waals surface area contributed by atoms with Gasteiger partial charge >= 0.3 is 0 Å². The van der Waals surface area contributed by atoms with E-state index >= 15 is 0 Å². The molecule has 1 aliphatic heterocycles. The number of rotatable bonds is 5. The lowest BCUT2D eigenvalue weighted by molar-refractivity contribution is -0.124. The van der Waals surface area contributed by atoms with Gasteiger partial charge in [-0.2, -0.15) is 5.26 Å². The van der Waals surface area contributed by atoms with Crippen LogP contribution in [-0.4, -0.2) is 47.2 Å². The quantitative estimate of drug-likeness (QED) is 0.748. The molecule has 1 saturated heterocycles. The fraction of sp³-hybridized carbons (Fsp3) is 0.846. The van der Waals surface area contributed by atoms with Crippen molar-refractivity contribution in [3.05, 3.63) is 0 Å². The summed E-state index contributed by atoms with van der Waals surface area (Å²) in [6.45, 7) is 6.75. The lowest BCUT2D eigenvalue weighted by Gasteiger charge is -2.29. The van der Waals surface area contributed by atoms with Crippen molar-refractivity contribution in [1.82, 2.24) is 10.2 Å². The number of carbonyl (C=O) groups is 1. The fourth-order valence-electron chi connectivity index (χ4n) is 2.13. The van der Waals surface area contributed by atoms with Crippen LogP contribution in [0.25, 0.3) is 0 Å². The van der Waals surface area contributed by atoms with Gasteiger partial charge in [0.2, 0.25) is 5.91 Å². The van der Waals surface area contributed by atoms with Crippen LogP contribution in [0.1, 0.15) is 33.6 Å². The summed E-state index contributed by atoms with van der Waals surface area (Å²) in [4.78, 5) is 13.9. The minimum atomic E-state index is -0.828. The zero-order valence-corrected chi connectivity index (χ0v) is 11.4. The third-order valence-electron chi connectivity index (χ3n) is 3.84. The molecule has 0 aromatic rings. The zero-order chi connectivity index (χ0) is 13.8. The number of nitrogens with one attached hydrogen (secondary N) is 1. The van der Waals surface area contributed by atoms with Crippen LogP contribution in [0.2, 0.25) is 0 Å². The summed E-state index contributed by atoms with van der Waals surface area (Å²) >= 11 is 0. The number of aliphatic hydroxyl groups excluding tert-OH is 1. The van der Waals surface area contributed by atoms with Crippen molar-refractivity contribution in [2.45, 2.75) is 45.2 Å². The molecule has 1 amide bonds. The van der Waals surface area contributed by atoms with Gasteiger partial charge in [0.1, 0.15) is 5.54 Å². The van der Waals surface area contributed by atoms with Gasteiger partial charge < -0.3 is 10.4 Å². The van der Waals surface area contributed by atoms with E-state index in [0.29, 0.717) is 0 Å². The number of nitrogens with zero attached hydrogens (tertiary/aromatic N) is 2. The number of hydrogen-bond donors (Lipinski definition) is 2. The second kappa shape index (κ2) is 6.17. The van der Waals surface area contributed by atoms with Crippen molar-refractivity contribution in [3.8, 4) is 6.07 Å². The molecule has 0 radical (unpaired) electrons. The average molecular weight is 253 g/mol. The molecule has 1 heterocycles. The van der Waals surface area contributed by atoms with Crippen molar-refractivity contribution in [3.63, 3.8) is 0 Å². The largest absolute Gasteiger partial charge is 0.395 e. The van der Waals surface area contributed by atoms with E-state index in [0.717, 1.165) is 19.4 Å². The predicted molar refractivity (Wildman–Crippen MR) is 68.7 cm³/mol. The summed E-state index contributed by atoms with van der Waals surface area (Å²) in [5.74, 6) is -0.0910. The van der Waals surface area contributed by atoms with E-state index < -0.39 is 5.54 Å². The summed E-state index contributed by atoms with van der Waals surface area (Å²) in [7, 11) is 0. The van der Waals surface area contributed by atoms with Crippen molar-refractivity contribution in [2.75, 3.05) is 19.7 Å². The number of likely N-dealkylation sites (tertiary alicyclic amines) is 1. The van der Waals surface area contributed by atoms with Crippen LogP contribution < -0.4 is 5.32 Å². The standard InChI is InChI=1S/C13H23N3O2/c1-10(2)13(3,9-14)15-12(18)7-16-6-4-5-11(16)8-17/h10-11,17H,4-8H2,1-3H3,(H,15,18)/t11-,13+/m0/s1. The van der Waals surface area contributed by atoms with E-state index in [1.54, 1.807) is 6.92 Å². The lowest BCUT2D eigenvalue weighted by Crippen LogP contribution is -2.52. The second-order valence-corrected chi connectivity index (χ2v) is 5.47. The second-order valence-electron chi connectivity index (χ2n) is 5.47. The Labute approximate surface area is 109 Å². The van der Waals surface area contributed by atoms with Crippen molar-refractivity contribution in [2.24, 2.45) is 5.92 Å². The third-order valence-corrected chi connectivity index (χ3v) is 3.84. The fourth-order valence-corrected chi connectivity index (χ4v) is 2.13. The van der Waals surface area contributed by atoms with Gasteiger partial charge in [-0.05, 0) is 32.2 Å². The molecule has 0 aromatic heterocycles. The maximum absolute atomic E-state index is 12.0. The topological polar surface area (TPSA) is 76.4 Å². The monoisotopic (exact) mass is 253 g/mol. The Bertz CT molecular complexity index is 338. The highest BCUT2D eigenvalue weighted by molar-refractivity contribution is 5.79. The third kappa shape index (κ3) is 3.44. The molecule has 5 nitrogen and oxygen atoms in total. The number of carbonyl (C=O) groups excluding carboxylic acids is 1. The molecule has 2 N–H and O–H groups in total. The van der Waals surface area contributed by atoms with Crippen LogP contribution >= 0.6 is 0 Å². The van der Waals surface area contributed by atoms with E-state index in [2.05, 4.69) is 11.4 Å². The number of amides is 1. The van der Waals surface area contributed by atoms with Crippen molar-refractivity contribution < 1.29 is 9.90 Å². The Morgan fingerprint density at radius 2 is 2.33 bits per heavy atom. The summed E-state index contributed by atoms with van der Waals surface area (Å²) in [5, 5.41) is 21.1. The summed E-state index contributed by atoms with van der Waals surface area (Å²) < 4.78 is 0. The Hall–Kier alpha value is -1.12. The highest BCUT2D eigenvalue weighted by Gasteiger charge is 2.32. The molecular weight excluding hydrogens is 230 g/mol. The highest BCUT2D eigenvalue weighted by atomic mass is 16.3. The molecule has 0 spiro atoms. The van der Waals surface area contributed by atoms with E-state index in [9.17, 15) is 9.90 Å². The minimum absolute atomic E-state index is 0.0543. The Morgan fingerprint density at radius 3 is 2.83 bits per heavy atom. The van der Waals surface area contributed by atoms with Crippen molar-refractivity contribution in [1.29, 1.82) is 5.26 Å². The number of nitriles is 1. The Morgan fingerprint density at radius 1 is 1.67 bits per heavy atom. The lowest BCUT2D eigenvalue weighted by atomic mass is 9.90. The highest BCUT2D eigenvalue weighted by Crippen LogP contribution is 2.18. The van der Waals surface area contributed by atoms with Gasteiger partial charge in [-0.15, -0.1) is 0 Å². The SMILES string of the molecule is CC(C)[C@@](C)(C#N)NC(=O)CN1CCC[C@H]1CO. The van der Waals surface area contributed by atoms with Crippen LogP contribution in [0, 0.1) is 17.2 Å². The molecule has 18 heavy (non-hydrogen) atoms. The van der Waals surface area contributed by atoms with Gasteiger partial charge in [0.05, 0.1) is 19.2 Å². The van der Waals surface area contributed by atoms with Gasteiger partial charge in [-0.1, -0.05) is 13.8 Å². The van der Waals surface area contributed by atoms with Crippen LogP contribution in [0.3, 0.4) is 0 Å². The first kappa shape index (κ1) is 14.9. The van der Waals surface area contributed by atoms with Crippen LogP contribution in [0.15, 0.2) is 0 Å². The summed E-state index contributed by atoms with van der Waals surface area (Å²) in [6.07, 6.45) is 1.95. The number of hydrogen-bond acceptors (Lipinski definition) is 4. The van der Waals surface area contributed by atoms with Gasteiger partial charge in [-0.3, -0.25) is 9.69 Å². The van der Waals surface area contributed by atoms with E-state index in [1.807, 2.05) is 18.7 Å². The molecule has 102 valence electrons. The van der Waals surface area contributed by atoms with E-state index in [-0.39, 0.29) is 31.0 Å². The molecule has 5 heteroatoms. The molecular formula is C13H23N3O2. The van der Waals surface area contributed by atoms with Gasteiger partial charge in [0.25, 0.3) is 0 Å². The summed E-state index contributed by atoms with van der Waals surface area (Å²) in [5.41, 5.74) is -0.828.